The van der Waals surface area contributed by atoms with E-state index in [1.165, 1.54) is 16.4 Å². The number of nitrogens with two attached hydrogens (primary N) is 1. The molecule has 23 heavy (non-hydrogen) atoms. The standard InChI is InChI=1S/C14H17Cl2N5OS/c1-3-8(2)18-12(22)7-23-14-20-19-13(21(14)17)10-6-9(15)4-5-11(10)16/h4-6,8H,3,7,17H2,1-2H3,(H,18,22)/t8-/m1/s1. The highest BCUT2D eigenvalue weighted by atomic mass is 35.5. The fourth-order valence-electron chi connectivity index (χ4n) is 1.78. The summed E-state index contributed by atoms with van der Waals surface area (Å²) in [7, 11) is 0. The third kappa shape index (κ3) is 4.53. The summed E-state index contributed by atoms with van der Waals surface area (Å²) >= 11 is 13.3. The molecule has 1 aromatic carbocycles. The number of halogens is 2. The predicted octanol–water partition coefficient (Wildman–Crippen LogP) is 2.97. The van der Waals surface area contributed by atoms with Crippen molar-refractivity contribution in [3.05, 3.63) is 28.2 Å². The molecule has 0 saturated heterocycles. The molecule has 9 heteroatoms. The topological polar surface area (TPSA) is 85.8 Å². The molecule has 3 N–H and O–H groups in total. The van der Waals surface area contributed by atoms with Crippen LogP contribution in [0.1, 0.15) is 20.3 Å². The van der Waals surface area contributed by atoms with E-state index in [2.05, 4.69) is 15.5 Å². The van der Waals surface area contributed by atoms with Gasteiger partial charge in [-0.1, -0.05) is 41.9 Å². The molecule has 0 spiro atoms. The van der Waals surface area contributed by atoms with Crippen molar-refractivity contribution >= 4 is 40.9 Å². The number of carbonyl (C=O) groups is 1. The Bertz CT molecular complexity index is 706. The number of aromatic nitrogens is 3. The van der Waals surface area contributed by atoms with E-state index in [9.17, 15) is 4.79 Å². The lowest BCUT2D eigenvalue weighted by Gasteiger charge is -2.10. The number of nitrogens with zero attached hydrogens (tertiary/aromatic N) is 3. The maximum atomic E-state index is 11.8. The van der Waals surface area contributed by atoms with Gasteiger partial charge in [-0.05, 0) is 31.5 Å². The molecule has 1 amide bonds. The fraction of sp³-hybridized carbons (Fsp3) is 0.357. The second kappa shape index (κ2) is 7.90. The Morgan fingerprint density at radius 3 is 2.87 bits per heavy atom. The Morgan fingerprint density at radius 2 is 2.17 bits per heavy atom. The maximum absolute atomic E-state index is 11.8. The number of nitrogen functional groups attached to an aromatic ring is 1. The molecule has 124 valence electrons. The Hall–Kier alpha value is -1.44. The van der Waals surface area contributed by atoms with Gasteiger partial charge in [0.25, 0.3) is 0 Å². The molecule has 6 nitrogen and oxygen atoms in total. The van der Waals surface area contributed by atoms with Crippen molar-refractivity contribution in [2.24, 2.45) is 0 Å². The van der Waals surface area contributed by atoms with Crippen LogP contribution in [0.4, 0.5) is 0 Å². The third-order valence-electron chi connectivity index (χ3n) is 3.19. The molecule has 0 aliphatic heterocycles. The molecular formula is C14H17Cl2N5OS. The molecule has 0 aliphatic carbocycles. The van der Waals surface area contributed by atoms with E-state index in [0.29, 0.717) is 26.6 Å². The average Bonchev–Trinajstić information content (AvgIpc) is 2.88. The van der Waals surface area contributed by atoms with Gasteiger partial charge in [-0.15, -0.1) is 10.2 Å². The lowest BCUT2D eigenvalue weighted by molar-refractivity contribution is -0.119. The highest BCUT2D eigenvalue weighted by Crippen LogP contribution is 2.30. The predicted molar refractivity (Wildman–Crippen MR) is 94.2 cm³/mol. The normalized spacial score (nSPS) is 12.2. The first-order valence-corrected chi connectivity index (χ1v) is 8.74. The summed E-state index contributed by atoms with van der Waals surface area (Å²) in [5, 5.41) is 12.3. The van der Waals surface area contributed by atoms with Crippen LogP contribution < -0.4 is 11.2 Å². The summed E-state index contributed by atoms with van der Waals surface area (Å²) in [6, 6.07) is 5.15. The van der Waals surface area contributed by atoms with Crippen LogP contribution in [0.3, 0.4) is 0 Å². The SMILES string of the molecule is CC[C@@H](C)NC(=O)CSc1nnc(-c2cc(Cl)ccc2Cl)n1N. The molecule has 0 unspecified atom stereocenters. The van der Waals surface area contributed by atoms with E-state index in [-0.39, 0.29) is 17.7 Å². The van der Waals surface area contributed by atoms with Gasteiger partial charge in [0.1, 0.15) is 0 Å². The van der Waals surface area contributed by atoms with E-state index in [0.717, 1.165) is 6.42 Å². The first-order chi connectivity index (χ1) is 10.9. The molecule has 0 aliphatic rings. The maximum Gasteiger partial charge on any atom is 0.230 e. The van der Waals surface area contributed by atoms with E-state index in [1.807, 2.05) is 13.8 Å². The Kier molecular flexibility index (Phi) is 6.15. The number of hydrogen-bond donors (Lipinski definition) is 2. The van der Waals surface area contributed by atoms with Crippen molar-refractivity contribution in [1.29, 1.82) is 0 Å². The van der Waals surface area contributed by atoms with Crippen LogP contribution in [0.15, 0.2) is 23.4 Å². The summed E-state index contributed by atoms with van der Waals surface area (Å²) < 4.78 is 1.30. The minimum Gasteiger partial charge on any atom is -0.353 e. The van der Waals surface area contributed by atoms with Crippen molar-refractivity contribution in [3.8, 4) is 11.4 Å². The van der Waals surface area contributed by atoms with Gasteiger partial charge in [0.2, 0.25) is 11.1 Å². The van der Waals surface area contributed by atoms with Crippen molar-refractivity contribution in [3.63, 3.8) is 0 Å². The van der Waals surface area contributed by atoms with Gasteiger partial charge in [-0.3, -0.25) is 4.79 Å². The molecule has 1 atom stereocenters. The third-order valence-corrected chi connectivity index (χ3v) is 4.69. The van der Waals surface area contributed by atoms with E-state index in [4.69, 9.17) is 29.0 Å². The summed E-state index contributed by atoms with van der Waals surface area (Å²) in [4.78, 5) is 11.8. The highest BCUT2D eigenvalue weighted by Gasteiger charge is 2.16. The molecule has 0 bridgehead atoms. The summed E-state index contributed by atoms with van der Waals surface area (Å²) in [6.07, 6.45) is 0.876. The number of thioether (sulfide) groups is 1. The smallest absolute Gasteiger partial charge is 0.230 e. The zero-order valence-corrected chi connectivity index (χ0v) is 15.0. The van der Waals surface area contributed by atoms with Gasteiger partial charge < -0.3 is 11.2 Å². The number of benzene rings is 1. The van der Waals surface area contributed by atoms with E-state index >= 15 is 0 Å². The monoisotopic (exact) mass is 373 g/mol. The van der Waals surface area contributed by atoms with Crippen LogP contribution in [0, 0.1) is 0 Å². The number of amides is 1. The Balaban J connectivity index is 2.11. The fourth-order valence-corrected chi connectivity index (χ4v) is 2.82. The van der Waals surface area contributed by atoms with Gasteiger partial charge in [0.15, 0.2) is 5.82 Å². The van der Waals surface area contributed by atoms with Crippen molar-refractivity contribution in [2.45, 2.75) is 31.5 Å². The first kappa shape index (κ1) is 17.9. The zero-order chi connectivity index (χ0) is 17.0. The minimum absolute atomic E-state index is 0.0744. The average molecular weight is 374 g/mol. The van der Waals surface area contributed by atoms with Crippen molar-refractivity contribution in [1.82, 2.24) is 20.2 Å². The summed E-state index contributed by atoms with van der Waals surface area (Å²) in [6.45, 7) is 3.96. The number of hydrogen-bond acceptors (Lipinski definition) is 5. The quantitative estimate of drug-likeness (QED) is 0.600. The van der Waals surface area contributed by atoms with Crippen LogP contribution in [-0.4, -0.2) is 32.6 Å². The summed E-state index contributed by atoms with van der Waals surface area (Å²) in [5.41, 5.74) is 0.588. The minimum atomic E-state index is -0.0744. The van der Waals surface area contributed by atoms with Crippen LogP contribution in [0.25, 0.3) is 11.4 Å². The van der Waals surface area contributed by atoms with Crippen molar-refractivity contribution in [2.75, 3.05) is 11.6 Å². The molecule has 0 saturated carbocycles. The van der Waals surface area contributed by atoms with Gasteiger partial charge in [0.05, 0.1) is 10.8 Å². The second-order valence-corrected chi connectivity index (χ2v) is 6.75. The lowest BCUT2D eigenvalue weighted by atomic mass is 10.2. The lowest BCUT2D eigenvalue weighted by Crippen LogP contribution is -2.33. The number of carbonyl (C=O) groups excluding carboxylic acids is 1. The van der Waals surface area contributed by atoms with Crippen LogP contribution in [-0.2, 0) is 4.79 Å². The van der Waals surface area contributed by atoms with Gasteiger partial charge in [-0.2, -0.15) is 0 Å². The molecule has 1 heterocycles. The molecule has 2 rings (SSSR count). The first-order valence-electron chi connectivity index (χ1n) is 7.00. The molecule has 1 aromatic heterocycles. The highest BCUT2D eigenvalue weighted by molar-refractivity contribution is 7.99. The number of rotatable bonds is 6. The Morgan fingerprint density at radius 1 is 1.43 bits per heavy atom. The van der Waals surface area contributed by atoms with Crippen LogP contribution in [0.5, 0.6) is 0 Å². The van der Waals surface area contributed by atoms with Gasteiger partial charge in [0, 0.05) is 16.6 Å². The largest absolute Gasteiger partial charge is 0.353 e. The van der Waals surface area contributed by atoms with Gasteiger partial charge >= 0.3 is 0 Å². The van der Waals surface area contributed by atoms with Crippen LogP contribution in [0.2, 0.25) is 10.0 Å². The second-order valence-electron chi connectivity index (χ2n) is 4.97. The molecule has 0 fully saturated rings. The zero-order valence-electron chi connectivity index (χ0n) is 12.7. The molecule has 2 aromatic rings. The van der Waals surface area contributed by atoms with Gasteiger partial charge in [-0.25, -0.2) is 4.68 Å². The van der Waals surface area contributed by atoms with Crippen molar-refractivity contribution < 1.29 is 4.79 Å². The molecular weight excluding hydrogens is 357 g/mol. The number of nitrogens with one attached hydrogen (secondary N) is 1. The van der Waals surface area contributed by atoms with E-state index in [1.54, 1.807) is 18.2 Å². The summed E-state index contributed by atoms with van der Waals surface area (Å²) in [5.74, 6) is 6.53. The van der Waals surface area contributed by atoms with Crippen LogP contribution >= 0.6 is 35.0 Å². The molecule has 0 radical (unpaired) electrons. The van der Waals surface area contributed by atoms with E-state index < -0.39 is 0 Å². The Labute approximate surface area is 148 Å².